The summed E-state index contributed by atoms with van der Waals surface area (Å²) in [6.07, 6.45) is 6.49. The molecule has 1 N–H and O–H groups in total. The zero-order valence-corrected chi connectivity index (χ0v) is 18.2. The van der Waals surface area contributed by atoms with Gasteiger partial charge in [-0.05, 0) is 72.4 Å². The number of hydrogen-bond acceptors (Lipinski definition) is 2. The Balaban J connectivity index is 1.50. The number of pyridine rings is 1. The summed E-state index contributed by atoms with van der Waals surface area (Å²) in [6, 6.07) is 20.2. The first-order chi connectivity index (χ1) is 14.1. The Hall–Kier alpha value is -2.46. The first-order valence-electron chi connectivity index (χ1n) is 10.2. The molecule has 1 atom stereocenters. The van der Waals surface area contributed by atoms with E-state index < -0.39 is 0 Å². The molecule has 29 heavy (non-hydrogen) atoms. The van der Waals surface area contributed by atoms with Gasteiger partial charge in [0.25, 0.3) is 0 Å². The van der Waals surface area contributed by atoms with Crippen molar-refractivity contribution in [3.05, 3.63) is 82.6 Å². The molecule has 1 aliphatic rings. The molecule has 1 fully saturated rings. The number of nitrogens with zero attached hydrogens (tertiary/aromatic N) is 1. The van der Waals surface area contributed by atoms with Gasteiger partial charge in [0, 0.05) is 22.1 Å². The summed E-state index contributed by atoms with van der Waals surface area (Å²) >= 11 is 3.54. The molecule has 4 heteroatoms. The molecule has 0 spiro atoms. The standard InChI is InChI=1S/C25H25BrN2O/c1-17-14-20(12-13-27-17)19-8-10-23(11-9-19)28-25(29)24(15-18-4-2-5-18)21-6-3-7-22(26)16-21/h3,6-14,16,18,24H,2,4-5,15H2,1H3,(H,28,29). The van der Waals surface area contributed by atoms with Crippen LogP contribution in [0.15, 0.2) is 71.3 Å². The quantitative estimate of drug-likeness (QED) is 0.453. The third-order valence-corrected chi connectivity index (χ3v) is 6.24. The summed E-state index contributed by atoms with van der Waals surface area (Å²) < 4.78 is 1.01. The topological polar surface area (TPSA) is 42.0 Å². The average Bonchev–Trinajstić information content (AvgIpc) is 2.67. The van der Waals surface area contributed by atoms with Crippen LogP contribution in [-0.2, 0) is 4.79 Å². The molecule has 1 amide bonds. The van der Waals surface area contributed by atoms with Gasteiger partial charge in [0.1, 0.15) is 0 Å². The number of aryl methyl sites for hydroxylation is 1. The van der Waals surface area contributed by atoms with Crippen LogP contribution in [0.5, 0.6) is 0 Å². The van der Waals surface area contributed by atoms with E-state index >= 15 is 0 Å². The van der Waals surface area contributed by atoms with Crippen LogP contribution in [0.3, 0.4) is 0 Å². The lowest BCUT2D eigenvalue weighted by Gasteiger charge is -2.29. The SMILES string of the molecule is Cc1cc(-c2ccc(NC(=O)C(CC3CCC3)c3cccc(Br)c3)cc2)ccn1. The number of nitrogens with one attached hydrogen (secondary N) is 1. The molecule has 0 bridgehead atoms. The molecule has 0 saturated heterocycles. The van der Waals surface area contributed by atoms with Crippen molar-refractivity contribution in [2.24, 2.45) is 5.92 Å². The Morgan fingerprint density at radius 2 is 1.90 bits per heavy atom. The molecule has 1 aromatic heterocycles. The number of benzene rings is 2. The van der Waals surface area contributed by atoms with Crippen molar-refractivity contribution in [3.63, 3.8) is 0 Å². The summed E-state index contributed by atoms with van der Waals surface area (Å²) in [4.78, 5) is 17.4. The maximum Gasteiger partial charge on any atom is 0.231 e. The van der Waals surface area contributed by atoms with Gasteiger partial charge in [-0.15, -0.1) is 0 Å². The van der Waals surface area contributed by atoms with E-state index in [1.54, 1.807) is 0 Å². The maximum atomic E-state index is 13.2. The molecule has 1 aliphatic carbocycles. The van der Waals surface area contributed by atoms with Crippen molar-refractivity contribution in [2.45, 2.75) is 38.5 Å². The van der Waals surface area contributed by atoms with Crippen molar-refractivity contribution in [1.29, 1.82) is 0 Å². The lowest BCUT2D eigenvalue weighted by Crippen LogP contribution is -2.25. The zero-order chi connectivity index (χ0) is 20.2. The first-order valence-corrected chi connectivity index (χ1v) is 11.0. The van der Waals surface area contributed by atoms with Crippen molar-refractivity contribution in [2.75, 3.05) is 5.32 Å². The van der Waals surface area contributed by atoms with Crippen LogP contribution in [0.4, 0.5) is 5.69 Å². The van der Waals surface area contributed by atoms with E-state index in [1.807, 2.05) is 55.6 Å². The molecule has 0 radical (unpaired) electrons. The molecule has 1 unspecified atom stereocenters. The number of hydrogen-bond donors (Lipinski definition) is 1. The van der Waals surface area contributed by atoms with Crippen LogP contribution in [0.1, 0.15) is 42.9 Å². The van der Waals surface area contributed by atoms with Gasteiger partial charge >= 0.3 is 0 Å². The highest BCUT2D eigenvalue weighted by molar-refractivity contribution is 9.10. The maximum absolute atomic E-state index is 13.2. The molecule has 1 saturated carbocycles. The molecule has 3 aromatic rings. The third-order valence-electron chi connectivity index (χ3n) is 5.74. The molecule has 2 aromatic carbocycles. The summed E-state index contributed by atoms with van der Waals surface area (Å²) in [5, 5.41) is 3.14. The monoisotopic (exact) mass is 448 g/mol. The fraction of sp³-hybridized carbons (Fsp3) is 0.280. The average molecular weight is 449 g/mol. The number of carbonyl (C=O) groups excluding carboxylic acids is 1. The molecular formula is C25H25BrN2O. The minimum Gasteiger partial charge on any atom is -0.326 e. The van der Waals surface area contributed by atoms with Gasteiger partial charge in [-0.2, -0.15) is 0 Å². The smallest absolute Gasteiger partial charge is 0.231 e. The minimum atomic E-state index is -0.125. The molecule has 4 rings (SSSR count). The Labute approximate surface area is 180 Å². The molecular weight excluding hydrogens is 424 g/mol. The number of amides is 1. The molecule has 1 heterocycles. The highest BCUT2D eigenvalue weighted by Crippen LogP contribution is 2.37. The highest BCUT2D eigenvalue weighted by atomic mass is 79.9. The van der Waals surface area contributed by atoms with Gasteiger partial charge in [-0.25, -0.2) is 0 Å². The largest absolute Gasteiger partial charge is 0.326 e. The zero-order valence-electron chi connectivity index (χ0n) is 16.6. The van der Waals surface area contributed by atoms with Crippen LogP contribution in [-0.4, -0.2) is 10.9 Å². The lowest BCUT2D eigenvalue weighted by molar-refractivity contribution is -0.118. The fourth-order valence-corrected chi connectivity index (χ4v) is 4.30. The van der Waals surface area contributed by atoms with Crippen molar-refractivity contribution < 1.29 is 4.79 Å². The number of aromatic nitrogens is 1. The number of carbonyl (C=O) groups is 1. The van der Waals surface area contributed by atoms with Gasteiger partial charge in [-0.1, -0.05) is 59.5 Å². The van der Waals surface area contributed by atoms with Gasteiger partial charge in [0.15, 0.2) is 0 Å². The van der Waals surface area contributed by atoms with Gasteiger partial charge in [0.05, 0.1) is 5.92 Å². The highest BCUT2D eigenvalue weighted by Gasteiger charge is 2.28. The Kier molecular flexibility index (Phi) is 6.10. The van der Waals surface area contributed by atoms with E-state index in [2.05, 4.69) is 44.4 Å². The summed E-state index contributed by atoms with van der Waals surface area (Å²) in [6.45, 7) is 1.99. The minimum absolute atomic E-state index is 0.0718. The molecule has 148 valence electrons. The van der Waals surface area contributed by atoms with Crippen molar-refractivity contribution >= 4 is 27.5 Å². The van der Waals surface area contributed by atoms with E-state index in [-0.39, 0.29) is 11.8 Å². The van der Waals surface area contributed by atoms with E-state index in [9.17, 15) is 4.79 Å². The van der Waals surface area contributed by atoms with E-state index in [1.165, 1.54) is 19.3 Å². The van der Waals surface area contributed by atoms with Crippen LogP contribution in [0.2, 0.25) is 0 Å². The van der Waals surface area contributed by atoms with E-state index in [4.69, 9.17) is 0 Å². The normalized spacial score (nSPS) is 14.8. The van der Waals surface area contributed by atoms with Crippen molar-refractivity contribution in [3.8, 4) is 11.1 Å². The van der Waals surface area contributed by atoms with Crippen LogP contribution in [0.25, 0.3) is 11.1 Å². The fourth-order valence-electron chi connectivity index (χ4n) is 3.88. The molecule has 3 nitrogen and oxygen atoms in total. The second kappa shape index (κ2) is 8.91. The summed E-state index contributed by atoms with van der Waals surface area (Å²) in [7, 11) is 0. The predicted octanol–water partition coefficient (Wildman–Crippen LogP) is 6.73. The number of halogens is 1. The Bertz CT molecular complexity index is 996. The third kappa shape index (κ3) is 4.94. The van der Waals surface area contributed by atoms with Crippen LogP contribution >= 0.6 is 15.9 Å². The van der Waals surface area contributed by atoms with Gasteiger partial charge in [-0.3, -0.25) is 9.78 Å². The number of rotatable bonds is 6. The Morgan fingerprint density at radius 1 is 1.10 bits per heavy atom. The van der Waals surface area contributed by atoms with E-state index in [0.717, 1.165) is 39.0 Å². The van der Waals surface area contributed by atoms with E-state index in [0.29, 0.717) is 5.92 Å². The van der Waals surface area contributed by atoms with Crippen molar-refractivity contribution in [1.82, 2.24) is 4.98 Å². The van der Waals surface area contributed by atoms with Gasteiger partial charge in [0.2, 0.25) is 5.91 Å². The van der Waals surface area contributed by atoms with Crippen LogP contribution in [0, 0.1) is 12.8 Å². The Morgan fingerprint density at radius 3 is 2.55 bits per heavy atom. The second-order valence-electron chi connectivity index (χ2n) is 7.89. The van der Waals surface area contributed by atoms with Crippen LogP contribution < -0.4 is 5.32 Å². The number of anilines is 1. The summed E-state index contributed by atoms with van der Waals surface area (Å²) in [5.74, 6) is 0.602. The molecule has 0 aliphatic heterocycles. The second-order valence-corrected chi connectivity index (χ2v) is 8.81. The lowest BCUT2D eigenvalue weighted by atomic mass is 9.77. The summed E-state index contributed by atoms with van der Waals surface area (Å²) in [5.41, 5.74) is 5.15. The first kappa shape index (κ1) is 19.8. The predicted molar refractivity (Wildman–Crippen MR) is 122 cm³/mol. The van der Waals surface area contributed by atoms with Gasteiger partial charge < -0.3 is 5.32 Å².